The molecule has 6 heteroatoms. The van der Waals surface area contributed by atoms with E-state index in [1.165, 1.54) is 0 Å². The van der Waals surface area contributed by atoms with Crippen LogP contribution in [-0.4, -0.2) is 41.4 Å². The molecule has 1 spiro atoms. The van der Waals surface area contributed by atoms with Gasteiger partial charge in [0.15, 0.2) is 5.78 Å². The van der Waals surface area contributed by atoms with Gasteiger partial charge in [0, 0.05) is 40.4 Å². The number of hydrogen-bond donors (Lipinski definition) is 1. The second-order valence-corrected chi connectivity index (χ2v) is 9.81. The molecule has 0 radical (unpaired) electrons. The van der Waals surface area contributed by atoms with Crippen LogP contribution in [0.4, 0.5) is 5.69 Å². The van der Waals surface area contributed by atoms with E-state index in [1.807, 2.05) is 78.5 Å². The van der Waals surface area contributed by atoms with E-state index in [2.05, 4.69) is 22.3 Å². The van der Waals surface area contributed by atoms with E-state index in [0.717, 1.165) is 22.6 Å². The van der Waals surface area contributed by atoms with Crippen LogP contribution in [0.1, 0.15) is 27.4 Å². The number of hydrogen-bond acceptors (Lipinski definition) is 5. The Bertz CT molecular complexity index is 1230. The Balaban J connectivity index is 1.63. The van der Waals surface area contributed by atoms with Gasteiger partial charge in [0.05, 0.1) is 13.0 Å². The van der Waals surface area contributed by atoms with E-state index in [-0.39, 0.29) is 23.7 Å². The standard InChI is InChI=1S/C27H24N2O3S/c1-32-19-12-13-21-20(14-19)27(26(31)28-21)24(25(30)18-10-6-3-7-11-18)23(17-8-4-2-5-9-17)22-15-33-16-29(22)27/h2-14,22-24H,15-16H2,1H3,(H,28,31)/t22-,23-,24+,27-/m1/s1. The molecule has 0 unspecified atom stereocenters. The van der Waals surface area contributed by atoms with Gasteiger partial charge in [-0.25, -0.2) is 0 Å². The lowest BCUT2D eigenvalue weighted by Crippen LogP contribution is -2.52. The largest absolute Gasteiger partial charge is 0.497 e. The van der Waals surface area contributed by atoms with Crippen LogP contribution in [0, 0.1) is 5.92 Å². The molecule has 33 heavy (non-hydrogen) atoms. The Morgan fingerprint density at radius 1 is 1.06 bits per heavy atom. The fourth-order valence-corrected chi connectivity index (χ4v) is 7.34. The zero-order chi connectivity index (χ0) is 22.6. The summed E-state index contributed by atoms with van der Waals surface area (Å²) in [6, 6.07) is 25.4. The lowest BCUT2D eigenvalue weighted by Gasteiger charge is -2.36. The van der Waals surface area contributed by atoms with Crippen LogP contribution in [0.2, 0.25) is 0 Å². The van der Waals surface area contributed by atoms with Gasteiger partial charge in [0.25, 0.3) is 0 Å². The highest BCUT2D eigenvalue weighted by atomic mass is 32.2. The van der Waals surface area contributed by atoms with Gasteiger partial charge < -0.3 is 10.1 Å². The molecule has 0 aromatic heterocycles. The normalized spacial score (nSPS) is 27.9. The van der Waals surface area contributed by atoms with Crippen molar-refractivity contribution in [1.82, 2.24) is 4.90 Å². The number of ketones is 1. The van der Waals surface area contributed by atoms with Crippen molar-refractivity contribution >= 4 is 29.1 Å². The SMILES string of the molecule is COc1ccc2c(c1)[C@]1(C(=O)N2)[C@H](C(=O)c2ccccc2)[C@H](c2ccccc2)[C@H]2CSCN21. The Hall–Kier alpha value is -3.09. The van der Waals surface area contributed by atoms with E-state index in [1.54, 1.807) is 7.11 Å². The number of nitrogens with one attached hydrogen (secondary N) is 1. The van der Waals surface area contributed by atoms with Crippen molar-refractivity contribution in [2.75, 3.05) is 24.1 Å². The Kier molecular flexibility index (Phi) is 4.82. The number of fused-ring (bicyclic) bond motifs is 4. The van der Waals surface area contributed by atoms with E-state index in [9.17, 15) is 9.59 Å². The molecule has 0 saturated carbocycles. The molecule has 1 N–H and O–H groups in total. The third-order valence-corrected chi connectivity index (χ3v) is 8.39. The Labute approximate surface area is 197 Å². The second-order valence-electron chi connectivity index (χ2n) is 8.81. The van der Waals surface area contributed by atoms with Crippen molar-refractivity contribution in [3.63, 3.8) is 0 Å². The second kappa shape index (κ2) is 7.75. The molecule has 5 nitrogen and oxygen atoms in total. The number of anilines is 1. The maximum Gasteiger partial charge on any atom is 0.250 e. The quantitative estimate of drug-likeness (QED) is 0.586. The highest BCUT2D eigenvalue weighted by Crippen LogP contribution is 2.61. The van der Waals surface area contributed by atoms with Crippen molar-refractivity contribution in [1.29, 1.82) is 0 Å². The molecule has 0 aliphatic carbocycles. The number of thioether (sulfide) groups is 1. The van der Waals surface area contributed by atoms with E-state index < -0.39 is 11.5 Å². The summed E-state index contributed by atoms with van der Waals surface area (Å²) in [6.07, 6.45) is 0. The van der Waals surface area contributed by atoms with Gasteiger partial charge in [-0.3, -0.25) is 14.5 Å². The lowest BCUT2D eigenvalue weighted by molar-refractivity contribution is -0.127. The minimum absolute atomic E-state index is 0.00896. The molecule has 3 aromatic carbocycles. The third kappa shape index (κ3) is 2.84. The van der Waals surface area contributed by atoms with Crippen LogP contribution in [-0.2, 0) is 10.3 Å². The van der Waals surface area contributed by atoms with Crippen LogP contribution in [0.3, 0.4) is 0 Å². The van der Waals surface area contributed by atoms with Crippen molar-refractivity contribution in [2.45, 2.75) is 17.5 Å². The number of rotatable bonds is 4. The van der Waals surface area contributed by atoms with E-state index in [0.29, 0.717) is 17.2 Å². The maximum atomic E-state index is 14.3. The van der Waals surface area contributed by atoms with Crippen LogP contribution in [0.25, 0.3) is 0 Å². The van der Waals surface area contributed by atoms with Gasteiger partial charge in [0.2, 0.25) is 5.91 Å². The Morgan fingerprint density at radius 3 is 2.52 bits per heavy atom. The molecule has 4 atom stereocenters. The van der Waals surface area contributed by atoms with Gasteiger partial charge >= 0.3 is 0 Å². The fraction of sp³-hybridized carbons (Fsp3) is 0.259. The van der Waals surface area contributed by atoms with E-state index >= 15 is 0 Å². The predicted molar refractivity (Wildman–Crippen MR) is 130 cm³/mol. The van der Waals surface area contributed by atoms with Crippen molar-refractivity contribution in [3.05, 3.63) is 95.6 Å². The molecule has 6 rings (SSSR count). The summed E-state index contributed by atoms with van der Waals surface area (Å²) in [5.74, 6) is 1.50. The summed E-state index contributed by atoms with van der Waals surface area (Å²) >= 11 is 1.82. The first-order valence-corrected chi connectivity index (χ1v) is 12.3. The van der Waals surface area contributed by atoms with Gasteiger partial charge in [0.1, 0.15) is 11.3 Å². The zero-order valence-corrected chi connectivity index (χ0v) is 19.0. The molecule has 3 aliphatic heterocycles. The number of benzene rings is 3. The monoisotopic (exact) mass is 456 g/mol. The Morgan fingerprint density at radius 2 is 1.79 bits per heavy atom. The van der Waals surface area contributed by atoms with Gasteiger partial charge in [-0.1, -0.05) is 60.7 Å². The molecule has 3 aromatic rings. The molecule has 3 aliphatic rings. The minimum atomic E-state index is -1.08. The van der Waals surface area contributed by atoms with Crippen LogP contribution < -0.4 is 10.1 Å². The number of amides is 1. The summed E-state index contributed by atoms with van der Waals surface area (Å²) in [5.41, 5.74) is 2.26. The maximum absolute atomic E-state index is 14.3. The van der Waals surface area contributed by atoms with Gasteiger partial charge in [-0.15, -0.1) is 11.8 Å². The highest BCUT2D eigenvalue weighted by molar-refractivity contribution is 7.99. The molecule has 0 bridgehead atoms. The summed E-state index contributed by atoms with van der Waals surface area (Å²) in [4.78, 5) is 30.5. The summed E-state index contributed by atoms with van der Waals surface area (Å²) in [6.45, 7) is 0. The highest BCUT2D eigenvalue weighted by Gasteiger charge is 2.69. The number of methoxy groups -OCH3 is 1. The summed E-state index contributed by atoms with van der Waals surface area (Å²) < 4.78 is 5.53. The van der Waals surface area contributed by atoms with Crippen LogP contribution in [0.15, 0.2) is 78.9 Å². The minimum Gasteiger partial charge on any atom is -0.497 e. The first-order valence-electron chi connectivity index (χ1n) is 11.1. The fourth-order valence-electron chi connectivity index (χ4n) is 6.01. The number of carbonyl (C=O) groups excluding carboxylic acids is 2. The van der Waals surface area contributed by atoms with Crippen molar-refractivity contribution < 1.29 is 14.3 Å². The first kappa shape index (κ1) is 20.5. The molecular formula is C27H24N2O3S. The molecule has 2 fully saturated rings. The summed E-state index contributed by atoms with van der Waals surface area (Å²) in [5, 5.41) is 3.10. The average molecular weight is 457 g/mol. The molecule has 1 amide bonds. The van der Waals surface area contributed by atoms with Crippen molar-refractivity contribution in [2.24, 2.45) is 5.92 Å². The van der Waals surface area contributed by atoms with E-state index in [4.69, 9.17) is 4.74 Å². The smallest absolute Gasteiger partial charge is 0.250 e. The number of carbonyl (C=O) groups is 2. The van der Waals surface area contributed by atoms with Crippen LogP contribution >= 0.6 is 11.8 Å². The van der Waals surface area contributed by atoms with Crippen LogP contribution in [0.5, 0.6) is 5.75 Å². The predicted octanol–water partition coefficient (Wildman–Crippen LogP) is 4.51. The molecule has 2 saturated heterocycles. The third-order valence-electron chi connectivity index (χ3n) is 7.35. The first-order chi connectivity index (χ1) is 16.2. The topological polar surface area (TPSA) is 58.6 Å². The molecular weight excluding hydrogens is 432 g/mol. The lowest BCUT2D eigenvalue weighted by atomic mass is 9.69. The number of nitrogens with zero attached hydrogens (tertiary/aromatic N) is 1. The van der Waals surface area contributed by atoms with Crippen molar-refractivity contribution in [3.8, 4) is 5.75 Å². The number of Topliss-reactive ketones (excluding diaryl/α,β-unsaturated/α-hetero) is 1. The van der Waals surface area contributed by atoms with Gasteiger partial charge in [-0.05, 0) is 23.8 Å². The summed E-state index contributed by atoms with van der Waals surface area (Å²) in [7, 11) is 1.63. The number of ether oxygens (including phenoxy) is 1. The average Bonchev–Trinajstić information content (AvgIpc) is 3.52. The van der Waals surface area contributed by atoms with Gasteiger partial charge in [-0.2, -0.15) is 0 Å². The zero-order valence-electron chi connectivity index (χ0n) is 18.2. The molecule has 3 heterocycles. The molecule has 166 valence electrons.